The van der Waals surface area contributed by atoms with Gasteiger partial charge in [0.25, 0.3) is 0 Å². The number of nitrogens with one attached hydrogen (secondary N) is 1. The van der Waals surface area contributed by atoms with E-state index in [0.29, 0.717) is 12.1 Å². The van der Waals surface area contributed by atoms with Gasteiger partial charge in [0, 0.05) is 18.6 Å². The van der Waals surface area contributed by atoms with Crippen LogP contribution >= 0.6 is 0 Å². The Labute approximate surface area is 131 Å². The highest BCUT2D eigenvalue weighted by molar-refractivity contribution is 5.29. The maximum absolute atomic E-state index is 3.68. The molecular weight excluding hydrogens is 256 g/mol. The predicted octanol–water partition coefficient (Wildman–Crippen LogP) is 4.55. The van der Waals surface area contributed by atoms with E-state index in [9.17, 15) is 0 Å². The molecule has 120 valence electrons. The number of benzene rings is 1. The molecule has 0 aliphatic heterocycles. The first-order valence-electron chi connectivity index (χ1n) is 8.66. The van der Waals surface area contributed by atoms with Crippen molar-refractivity contribution >= 4 is 0 Å². The largest absolute Gasteiger partial charge is 0.309 e. The molecule has 2 unspecified atom stereocenters. The summed E-state index contributed by atoms with van der Waals surface area (Å²) in [6.07, 6.45) is 3.77. The van der Waals surface area contributed by atoms with Gasteiger partial charge in [-0.1, -0.05) is 51.5 Å². The Kier molecular flexibility index (Phi) is 8.63. The molecule has 0 spiro atoms. The molecular formula is C19H34N2. The summed E-state index contributed by atoms with van der Waals surface area (Å²) in [4.78, 5) is 2.66. The molecule has 1 aromatic rings. The molecule has 0 radical (unpaired) electrons. The number of hydrogen-bond acceptors (Lipinski definition) is 2. The highest BCUT2D eigenvalue weighted by atomic mass is 15.2. The molecule has 0 bridgehead atoms. The highest BCUT2D eigenvalue weighted by Crippen LogP contribution is 2.20. The summed E-state index contributed by atoms with van der Waals surface area (Å²) in [5, 5.41) is 3.68. The lowest BCUT2D eigenvalue weighted by Crippen LogP contribution is -2.40. The zero-order valence-electron chi connectivity index (χ0n) is 14.7. The first-order chi connectivity index (χ1) is 10.1. The van der Waals surface area contributed by atoms with E-state index in [1.807, 2.05) is 0 Å². The molecule has 2 atom stereocenters. The summed E-state index contributed by atoms with van der Waals surface area (Å²) < 4.78 is 0. The lowest BCUT2D eigenvalue weighted by Gasteiger charge is -2.33. The van der Waals surface area contributed by atoms with Gasteiger partial charge in [-0.15, -0.1) is 0 Å². The van der Waals surface area contributed by atoms with Crippen LogP contribution in [0.5, 0.6) is 0 Å². The Morgan fingerprint density at radius 2 is 1.86 bits per heavy atom. The first-order valence-corrected chi connectivity index (χ1v) is 8.66. The molecule has 0 aromatic heterocycles. The fourth-order valence-electron chi connectivity index (χ4n) is 2.84. The average molecular weight is 290 g/mol. The Bertz CT molecular complexity index is 389. The van der Waals surface area contributed by atoms with Crippen LogP contribution in [0.2, 0.25) is 0 Å². The maximum Gasteiger partial charge on any atom is 0.0451 e. The number of unbranched alkanes of at least 4 members (excludes halogenated alkanes) is 1. The minimum atomic E-state index is 0.432. The van der Waals surface area contributed by atoms with Crippen molar-refractivity contribution in [2.24, 2.45) is 0 Å². The van der Waals surface area contributed by atoms with Gasteiger partial charge >= 0.3 is 0 Å². The van der Waals surface area contributed by atoms with E-state index >= 15 is 0 Å². The van der Waals surface area contributed by atoms with Gasteiger partial charge in [0.05, 0.1) is 0 Å². The molecule has 2 heteroatoms. The fraction of sp³-hybridized carbons (Fsp3) is 0.684. The molecule has 1 N–H and O–H groups in total. The van der Waals surface area contributed by atoms with Crippen molar-refractivity contribution in [3.05, 3.63) is 35.4 Å². The Morgan fingerprint density at radius 1 is 1.14 bits per heavy atom. The maximum atomic E-state index is 3.68. The lowest BCUT2D eigenvalue weighted by atomic mass is 10.00. The van der Waals surface area contributed by atoms with Gasteiger partial charge in [-0.3, -0.25) is 4.90 Å². The zero-order valence-corrected chi connectivity index (χ0v) is 14.7. The van der Waals surface area contributed by atoms with Crippen LogP contribution in [0.1, 0.15) is 64.1 Å². The monoisotopic (exact) mass is 290 g/mol. The molecule has 0 saturated heterocycles. The fourth-order valence-corrected chi connectivity index (χ4v) is 2.84. The Morgan fingerprint density at radius 3 is 2.43 bits per heavy atom. The molecule has 1 rings (SSSR count). The quantitative estimate of drug-likeness (QED) is 0.680. The topological polar surface area (TPSA) is 15.3 Å². The number of aryl methyl sites for hydroxylation is 1. The second kappa shape index (κ2) is 9.97. The number of hydrogen-bond donors (Lipinski definition) is 1. The molecule has 2 nitrogen and oxygen atoms in total. The second-order valence-electron chi connectivity index (χ2n) is 6.07. The molecule has 21 heavy (non-hydrogen) atoms. The summed E-state index contributed by atoms with van der Waals surface area (Å²) in [5.74, 6) is 0. The van der Waals surface area contributed by atoms with Gasteiger partial charge in [-0.05, 0) is 50.9 Å². The Balaban J connectivity index is 2.85. The number of nitrogens with zero attached hydrogens (tertiary/aromatic N) is 1. The van der Waals surface area contributed by atoms with Crippen LogP contribution < -0.4 is 5.32 Å². The van der Waals surface area contributed by atoms with Crippen LogP contribution in [-0.2, 0) is 0 Å². The minimum absolute atomic E-state index is 0.432. The zero-order chi connectivity index (χ0) is 15.7. The summed E-state index contributed by atoms with van der Waals surface area (Å²) in [5.41, 5.74) is 2.84. The molecule has 1 aromatic carbocycles. The van der Waals surface area contributed by atoms with Gasteiger partial charge < -0.3 is 5.32 Å². The summed E-state index contributed by atoms with van der Waals surface area (Å²) in [6.45, 7) is 14.7. The normalized spacial score (nSPS) is 14.4. The van der Waals surface area contributed by atoms with Crippen LogP contribution in [0, 0.1) is 6.92 Å². The van der Waals surface area contributed by atoms with Crippen molar-refractivity contribution < 1.29 is 0 Å². The SMILES string of the molecule is CCCCN(CC(NCC)c1ccccc1C)C(C)CC. The van der Waals surface area contributed by atoms with Crippen LogP contribution in [0.15, 0.2) is 24.3 Å². The van der Waals surface area contributed by atoms with Crippen molar-refractivity contribution in [1.29, 1.82) is 0 Å². The third-order valence-corrected chi connectivity index (χ3v) is 4.44. The summed E-state index contributed by atoms with van der Waals surface area (Å²) >= 11 is 0. The van der Waals surface area contributed by atoms with Crippen LogP contribution in [0.3, 0.4) is 0 Å². The first kappa shape index (κ1) is 18.2. The van der Waals surface area contributed by atoms with E-state index in [0.717, 1.165) is 13.1 Å². The molecule has 0 saturated carbocycles. The molecule has 0 aliphatic carbocycles. The van der Waals surface area contributed by atoms with Crippen molar-refractivity contribution in [1.82, 2.24) is 10.2 Å². The van der Waals surface area contributed by atoms with Gasteiger partial charge in [0.2, 0.25) is 0 Å². The Hall–Kier alpha value is -0.860. The van der Waals surface area contributed by atoms with Crippen LogP contribution in [0.4, 0.5) is 0 Å². The van der Waals surface area contributed by atoms with E-state index in [1.54, 1.807) is 0 Å². The smallest absolute Gasteiger partial charge is 0.0451 e. The van der Waals surface area contributed by atoms with Crippen LogP contribution in [0.25, 0.3) is 0 Å². The van der Waals surface area contributed by atoms with Gasteiger partial charge in [0.1, 0.15) is 0 Å². The standard InChI is InChI=1S/C19H34N2/c1-6-9-14-21(17(5)7-2)15-19(20-8-3)18-13-11-10-12-16(18)4/h10-13,17,19-20H,6-9,14-15H2,1-5H3. The third-order valence-electron chi connectivity index (χ3n) is 4.44. The van der Waals surface area contributed by atoms with Gasteiger partial charge in [-0.25, -0.2) is 0 Å². The van der Waals surface area contributed by atoms with Crippen molar-refractivity contribution in [3.8, 4) is 0 Å². The predicted molar refractivity (Wildman–Crippen MR) is 93.8 cm³/mol. The summed E-state index contributed by atoms with van der Waals surface area (Å²) in [6, 6.07) is 9.87. The van der Waals surface area contributed by atoms with E-state index in [2.05, 4.69) is 69.1 Å². The van der Waals surface area contributed by atoms with Crippen molar-refractivity contribution in [2.45, 2.75) is 66.0 Å². The van der Waals surface area contributed by atoms with Crippen molar-refractivity contribution in [3.63, 3.8) is 0 Å². The van der Waals surface area contributed by atoms with Gasteiger partial charge in [0.15, 0.2) is 0 Å². The lowest BCUT2D eigenvalue weighted by molar-refractivity contribution is 0.180. The molecule has 0 heterocycles. The van der Waals surface area contributed by atoms with Gasteiger partial charge in [-0.2, -0.15) is 0 Å². The van der Waals surface area contributed by atoms with E-state index in [1.165, 1.54) is 36.9 Å². The number of rotatable bonds is 10. The van der Waals surface area contributed by atoms with E-state index < -0.39 is 0 Å². The molecule has 0 amide bonds. The van der Waals surface area contributed by atoms with Crippen molar-refractivity contribution in [2.75, 3.05) is 19.6 Å². The minimum Gasteiger partial charge on any atom is -0.309 e. The second-order valence-corrected chi connectivity index (χ2v) is 6.07. The third kappa shape index (κ3) is 5.80. The highest BCUT2D eigenvalue weighted by Gasteiger charge is 2.19. The molecule has 0 aliphatic rings. The summed E-state index contributed by atoms with van der Waals surface area (Å²) in [7, 11) is 0. The average Bonchev–Trinajstić information content (AvgIpc) is 2.50. The molecule has 0 fully saturated rings. The van der Waals surface area contributed by atoms with E-state index in [-0.39, 0.29) is 0 Å². The number of likely N-dealkylation sites (N-methyl/N-ethyl adjacent to an activating group) is 1. The van der Waals surface area contributed by atoms with E-state index in [4.69, 9.17) is 0 Å². The van der Waals surface area contributed by atoms with Crippen LogP contribution in [-0.4, -0.2) is 30.6 Å².